The second-order valence-electron chi connectivity index (χ2n) is 6.86. The lowest BCUT2D eigenvalue weighted by molar-refractivity contribution is 0.0951. The molecule has 3 N–H and O–H groups in total. The number of fused-ring (bicyclic) bond motifs is 1. The highest BCUT2D eigenvalue weighted by atomic mass is 32.2. The highest BCUT2D eigenvalue weighted by molar-refractivity contribution is 7.99. The van der Waals surface area contributed by atoms with Crippen LogP contribution in [0.3, 0.4) is 0 Å². The molecule has 7 heteroatoms. The molecule has 0 saturated carbocycles. The van der Waals surface area contributed by atoms with E-state index < -0.39 is 0 Å². The molecule has 0 spiro atoms. The maximum atomic E-state index is 12.6. The zero-order valence-corrected chi connectivity index (χ0v) is 17.9. The molecule has 0 aliphatic rings. The quantitative estimate of drug-likeness (QED) is 0.365. The number of hydrogen-bond acceptors (Lipinski definition) is 5. The number of benzene rings is 2. The molecule has 156 valence electrons. The zero-order valence-electron chi connectivity index (χ0n) is 17.1. The summed E-state index contributed by atoms with van der Waals surface area (Å²) in [5.74, 6) is -0.0667. The number of H-pyrrole nitrogens is 1. The van der Waals surface area contributed by atoms with Gasteiger partial charge in [-0.25, -0.2) is 0 Å². The van der Waals surface area contributed by atoms with Crippen LogP contribution in [0.1, 0.15) is 21.7 Å². The van der Waals surface area contributed by atoms with E-state index >= 15 is 0 Å². The SMILES string of the molecule is CNCCNC(=O)c1ccccc1Sc1ccc2c(/C=C/c3ccccn3)n[nH]c2c1. The van der Waals surface area contributed by atoms with Crippen molar-refractivity contribution < 1.29 is 4.79 Å². The Morgan fingerprint density at radius 3 is 2.77 bits per heavy atom. The molecule has 2 aromatic heterocycles. The number of likely N-dealkylation sites (N-methyl/N-ethyl adjacent to an activating group) is 1. The zero-order chi connectivity index (χ0) is 21.5. The Hall–Kier alpha value is -3.42. The van der Waals surface area contributed by atoms with Crippen LogP contribution >= 0.6 is 11.8 Å². The third kappa shape index (κ3) is 5.20. The van der Waals surface area contributed by atoms with E-state index in [0.717, 1.165) is 38.6 Å². The van der Waals surface area contributed by atoms with Crippen molar-refractivity contribution in [2.75, 3.05) is 20.1 Å². The molecule has 4 rings (SSSR count). The molecular weight excluding hydrogens is 406 g/mol. The predicted octanol–water partition coefficient (Wildman–Crippen LogP) is 4.23. The van der Waals surface area contributed by atoms with Crippen LogP contribution in [0.5, 0.6) is 0 Å². The summed E-state index contributed by atoms with van der Waals surface area (Å²) in [5.41, 5.74) is 3.37. The smallest absolute Gasteiger partial charge is 0.252 e. The summed E-state index contributed by atoms with van der Waals surface area (Å²) in [5, 5.41) is 14.5. The number of nitrogens with one attached hydrogen (secondary N) is 3. The Bertz CT molecular complexity index is 1200. The van der Waals surface area contributed by atoms with Gasteiger partial charge in [0.15, 0.2) is 0 Å². The van der Waals surface area contributed by atoms with Gasteiger partial charge in [0.2, 0.25) is 0 Å². The van der Waals surface area contributed by atoms with Gasteiger partial charge in [0, 0.05) is 34.5 Å². The van der Waals surface area contributed by atoms with Crippen LogP contribution in [0.15, 0.2) is 76.7 Å². The first-order chi connectivity index (χ1) is 15.2. The molecule has 0 bridgehead atoms. The first-order valence-corrected chi connectivity index (χ1v) is 10.8. The molecule has 0 aliphatic heterocycles. The standard InChI is InChI=1S/C24H23N5OS/c1-25-14-15-27-24(30)20-7-2-3-8-23(20)31-18-10-11-19-21(28-29-22(19)16-18)12-9-17-6-4-5-13-26-17/h2-13,16,25H,14-15H2,1H3,(H,27,30)(H,28,29)/b12-9+. The minimum Gasteiger partial charge on any atom is -0.351 e. The maximum absolute atomic E-state index is 12.6. The van der Waals surface area contributed by atoms with Gasteiger partial charge in [-0.15, -0.1) is 0 Å². The van der Waals surface area contributed by atoms with Gasteiger partial charge in [0.1, 0.15) is 0 Å². The second kappa shape index (κ2) is 10.1. The largest absolute Gasteiger partial charge is 0.351 e. The molecule has 0 saturated heterocycles. The third-order valence-corrected chi connectivity index (χ3v) is 5.75. The molecule has 1 amide bonds. The lowest BCUT2D eigenvalue weighted by Crippen LogP contribution is -2.30. The Kier molecular flexibility index (Phi) is 6.76. The summed E-state index contributed by atoms with van der Waals surface area (Å²) in [6, 6.07) is 19.6. The lowest BCUT2D eigenvalue weighted by Gasteiger charge is -2.10. The van der Waals surface area contributed by atoms with Gasteiger partial charge in [0.05, 0.1) is 22.5 Å². The van der Waals surface area contributed by atoms with Crippen LogP contribution in [0, 0.1) is 0 Å². The fourth-order valence-corrected chi connectivity index (χ4v) is 4.10. The summed E-state index contributed by atoms with van der Waals surface area (Å²) in [6.07, 6.45) is 5.67. The Balaban J connectivity index is 1.53. The van der Waals surface area contributed by atoms with E-state index in [2.05, 4.69) is 44.0 Å². The molecular formula is C24H23N5OS. The van der Waals surface area contributed by atoms with Gasteiger partial charge < -0.3 is 10.6 Å². The number of rotatable bonds is 8. The third-order valence-electron chi connectivity index (χ3n) is 4.68. The van der Waals surface area contributed by atoms with Crippen molar-refractivity contribution in [3.8, 4) is 0 Å². The Morgan fingerprint density at radius 2 is 1.94 bits per heavy atom. The van der Waals surface area contributed by atoms with Gasteiger partial charge >= 0.3 is 0 Å². The molecule has 2 heterocycles. The first kappa shape index (κ1) is 20.8. The van der Waals surface area contributed by atoms with Crippen molar-refractivity contribution in [2.45, 2.75) is 9.79 Å². The summed E-state index contributed by atoms with van der Waals surface area (Å²) >= 11 is 1.56. The van der Waals surface area contributed by atoms with E-state index in [1.165, 1.54) is 0 Å². The van der Waals surface area contributed by atoms with E-state index in [-0.39, 0.29) is 5.91 Å². The average molecular weight is 430 g/mol. The maximum Gasteiger partial charge on any atom is 0.252 e. The number of aromatic nitrogens is 3. The average Bonchev–Trinajstić information content (AvgIpc) is 3.21. The Labute approximate surface area is 185 Å². The molecule has 0 fully saturated rings. The van der Waals surface area contributed by atoms with Crippen molar-refractivity contribution in [3.63, 3.8) is 0 Å². The lowest BCUT2D eigenvalue weighted by atomic mass is 10.2. The Morgan fingerprint density at radius 1 is 1.06 bits per heavy atom. The summed E-state index contributed by atoms with van der Waals surface area (Å²) in [4.78, 5) is 18.8. The summed E-state index contributed by atoms with van der Waals surface area (Å²) in [7, 11) is 1.86. The van der Waals surface area contributed by atoms with E-state index in [9.17, 15) is 4.79 Å². The fourth-order valence-electron chi connectivity index (χ4n) is 3.12. The van der Waals surface area contributed by atoms with Crippen molar-refractivity contribution in [2.24, 2.45) is 0 Å². The number of pyridine rings is 1. The highest BCUT2D eigenvalue weighted by Gasteiger charge is 2.12. The van der Waals surface area contributed by atoms with Crippen LogP contribution < -0.4 is 10.6 Å². The van der Waals surface area contributed by atoms with Crippen LogP contribution in [-0.2, 0) is 0 Å². The molecule has 2 aromatic carbocycles. The molecule has 0 unspecified atom stereocenters. The minimum absolute atomic E-state index is 0.0667. The summed E-state index contributed by atoms with van der Waals surface area (Å²) in [6.45, 7) is 1.32. The second-order valence-corrected chi connectivity index (χ2v) is 7.98. The topological polar surface area (TPSA) is 82.7 Å². The number of hydrogen-bond donors (Lipinski definition) is 3. The number of amides is 1. The van der Waals surface area contributed by atoms with Crippen molar-refractivity contribution in [1.82, 2.24) is 25.8 Å². The van der Waals surface area contributed by atoms with Gasteiger partial charge in [0.25, 0.3) is 5.91 Å². The number of carbonyl (C=O) groups is 1. The molecule has 4 aromatic rings. The summed E-state index contributed by atoms with van der Waals surface area (Å²) < 4.78 is 0. The minimum atomic E-state index is -0.0667. The van der Waals surface area contributed by atoms with Crippen LogP contribution in [-0.4, -0.2) is 41.2 Å². The highest BCUT2D eigenvalue weighted by Crippen LogP contribution is 2.32. The van der Waals surface area contributed by atoms with Gasteiger partial charge in [-0.3, -0.25) is 14.9 Å². The molecule has 0 atom stereocenters. The normalized spacial score (nSPS) is 11.3. The van der Waals surface area contributed by atoms with Gasteiger partial charge in [-0.2, -0.15) is 5.10 Å². The number of aromatic amines is 1. The number of nitrogens with zero attached hydrogens (tertiary/aromatic N) is 2. The van der Waals surface area contributed by atoms with E-state index in [0.29, 0.717) is 12.1 Å². The van der Waals surface area contributed by atoms with Crippen LogP contribution in [0.4, 0.5) is 0 Å². The van der Waals surface area contributed by atoms with Crippen molar-refractivity contribution in [1.29, 1.82) is 0 Å². The monoisotopic (exact) mass is 429 g/mol. The molecule has 6 nitrogen and oxygen atoms in total. The van der Waals surface area contributed by atoms with Crippen molar-refractivity contribution in [3.05, 3.63) is 83.8 Å². The predicted molar refractivity (Wildman–Crippen MR) is 126 cm³/mol. The molecule has 0 aliphatic carbocycles. The molecule has 31 heavy (non-hydrogen) atoms. The van der Waals surface area contributed by atoms with E-state index in [4.69, 9.17) is 0 Å². The van der Waals surface area contributed by atoms with Gasteiger partial charge in [-0.1, -0.05) is 30.0 Å². The number of carbonyl (C=O) groups excluding carboxylic acids is 1. The van der Waals surface area contributed by atoms with Crippen molar-refractivity contribution >= 4 is 40.7 Å². The molecule has 0 radical (unpaired) electrons. The van der Waals surface area contributed by atoms with E-state index in [1.54, 1.807) is 18.0 Å². The van der Waals surface area contributed by atoms with Crippen LogP contribution in [0.2, 0.25) is 0 Å². The fraction of sp³-hybridized carbons (Fsp3) is 0.125. The first-order valence-electron chi connectivity index (χ1n) is 10.0. The van der Waals surface area contributed by atoms with E-state index in [1.807, 2.05) is 61.7 Å². The van der Waals surface area contributed by atoms with Gasteiger partial charge in [-0.05, 0) is 61.7 Å². The van der Waals surface area contributed by atoms with Crippen LogP contribution in [0.25, 0.3) is 23.1 Å².